The number of hydrogen-bond donors (Lipinski definition) is 2. The Kier molecular flexibility index (Phi) is 2.25. The molecule has 0 bridgehead atoms. The molecule has 64 valence electrons. The minimum absolute atomic E-state index is 0.109. The molecule has 1 aromatic rings. The van der Waals surface area contributed by atoms with Crippen LogP contribution in [0.4, 0.5) is 11.4 Å². The molecule has 3 N–H and O–H groups in total. The smallest absolute Gasteiger partial charge is 0.292 e. The van der Waals surface area contributed by atoms with E-state index in [-0.39, 0.29) is 18.0 Å². The Labute approximate surface area is 68.6 Å². The molecule has 0 heterocycles. The van der Waals surface area contributed by atoms with Gasteiger partial charge in [-0.15, -0.1) is 0 Å². The third-order valence-corrected chi connectivity index (χ3v) is 1.47. The van der Waals surface area contributed by atoms with E-state index in [1.807, 2.05) is 0 Å². The standard InChI is InChI=1S/C7H8N2O3/c8-6-2-1-5(4-10)3-7(6)9(11)12/h1-3,10H,4,8H2. The summed E-state index contributed by atoms with van der Waals surface area (Å²) in [5.74, 6) is 0. The Bertz CT molecular complexity index is 312. The van der Waals surface area contributed by atoms with Crippen LogP contribution in [0.2, 0.25) is 0 Å². The molecule has 0 aliphatic heterocycles. The molecule has 0 spiro atoms. The first-order chi connectivity index (χ1) is 5.65. The highest BCUT2D eigenvalue weighted by molar-refractivity contribution is 5.58. The van der Waals surface area contributed by atoms with Gasteiger partial charge in [-0.05, 0) is 11.6 Å². The van der Waals surface area contributed by atoms with Gasteiger partial charge >= 0.3 is 0 Å². The van der Waals surface area contributed by atoms with E-state index in [1.165, 1.54) is 12.1 Å². The fourth-order valence-corrected chi connectivity index (χ4v) is 0.846. The maximum absolute atomic E-state index is 10.3. The fourth-order valence-electron chi connectivity index (χ4n) is 0.846. The minimum Gasteiger partial charge on any atom is -0.393 e. The van der Waals surface area contributed by atoms with Gasteiger partial charge in [-0.2, -0.15) is 0 Å². The molecule has 0 aliphatic carbocycles. The highest BCUT2D eigenvalue weighted by Gasteiger charge is 2.10. The van der Waals surface area contributed by atoms with Gasteiger partial charge in [0.1, 0.15) is 5.69 Å². The van der Waals surface area contributed by atoms with E-state index in [4.69, 9.17) is 10.8 Å². The van der Waals surface area contributed by atoms with E-state index >= 15 is 0 Å². The third-order valence-electron chi connectivity index (χ3n) is 1.47. The average molecular weight is 168 g/mol. The van der Waals surface area contributed by atoms with Gasteiger partial charge < -0.3 is 10.8 Å². The number of aliphatic hydroxyl groups is 1. The van der Waals surface area contributed by atoms with Crippen LogP contribution in [0.5, 0.6) is 0 Å². The van der Waals surface area contributed by atoms with Crippen molar-refractivity contribution < 1.29 is 10.0 Å². The molecular weight excluding hydrogens is 160 g/mol. The molecule has 0 aliphatic rings. The topological polar surface area (TPSA) is 89.4 Å². The van der Waals surface area contributed by atoms with E-state index in [1.54, 1.807) is 6.07 Å². The lowest BCUT2D eigenvalue weighted by atomic mass is 10.2. The second kappa shape index (κ2) is 3.19. The number of benzene rings is 1. The van der Waals surface area contributed by atoms with Crippen molar-refractivity contribution in [1.29, 1.82) is 0 Å². The maximum Gasteiger partial charge on any atom is 0.292 e. The molecule has 1 rings (SSSR count). The van der Waals surface area contributed by atoms with E-state index in [0.29, 0.717) is 5.56 Å². The van der Waals surface area contributed by atoms with Gasteiger partial charge in [-0.3, -0.25) is 10.1 Å². The molecule has 5 nitrogen and oxygen atoms in total. The molecule has 12 heavy (non-hydrogen) atoms. The first-order valence-electron chi connectivity index (χ1n) is 3.29. The summed E-state index contributed by atoms with van der Waals surface area (Å²) in [7, 11) is 0. The predicted octanol–water partition coefficient (Wildman–Crippen LogP) is 0.669. The van der Waals surface area contributed by atoms with Crippen LogP contribution >= 0.6 is 0 Å². The largest absolute Gasteiger partial charge is 0.393 e. The van der Waals surface area contributed by atoms with Gasteiger partial charge in [0, 0.05) is 6.07 Å². The van der Waals surface area contributed by atoms with Crippen LogP contribution in [0.3, 0.4) is 0 Å². The molecule has 0 aromatic heterocycles. The number of aliphatic hydroxyl groups excluding tert-OH is 1. The van der Waals surface area contributed by atoms with Gasteiger partial charge in [0.2, 0.25) is 0 Å². The SMILES string of the molecule is Nc1ccc(CO)cc1[N+](=O)[O-]. The van der Waals surface area contributed by atoms with Crippen molar-refractivity contribution in [2.75, 3.05) is 5.73 Å². The molecule has 0 fully saturated rings. The fraction of sp³-hybridized carbons (Fsp3) is 0.143. The lowest BCUT2D eigenvalue weighted by Gasteiger charge is -1.98. The number of nitro groups is 1. The van der Waals surface area contributed by atoms with Gasteiger partial charge in [0.05, 0.1) is 11.5 Å². The number of nitro benzene ring substituents is 1. The zero-order valence-corrected chi connectivity index (χ0v) is 6.23. The number of nitrogen functional groups attached to an aromatic ring is 1. The molecule has 5 heteroatoms. The van der Waals surface area contributed by atoms with Crippen molar-refractivity contribution in [3.63, 3.8) is 0 Å². The van der Waals surface area contributed by atoms with Gasteiger partial charge in [-0.1, -0.05) is 6.07 Å². The van der Waals surface area contributed by atoms with Crippen molar-refractivity contribution in [1.82, 2.24) is 0 Å². The Hall–Kier alpha value is -1.62. The van der Waals surface area contributed by atoms with Crippen molar-refractivity contribution >= 4 is 11.4 Å². The molecular formula is C7H8N2O3. The molecule has 0 radical (unpaired) electrons. The first kappa shape index (κ1) is 8.48. The van der Waals surface area contributed by atoms with Crippen molar-refractivity contribution in [3.05, 3.63) is 33.9 Å². The normalized spacial score (nSPS) is 9.75. The molecule has 0 amide bonds. The monoisotopic (exact) mass is 168 g/mol. The lowest BCUT2D eigenvalue weighted by Crippen LogP contribution is -1.96. The van der Waals surface area contributed by atoms with Crippen LogP contribution in [0.15, 0.2) is 18.2 Å². The number of nitrogens with zero attached hydrogens (tertiary/aromatic N) is 1. The van der Waals surface area contributed by atoms with E-state index in [2.05, 4.69) is 0 Å². The van der Waals surface area contributed by atoms with Gasteiger partial charge in [0.15, 0.2) is 0 Å². The highest BCUT2D eigenvalue weighted by Crippen LogP contribution is 2.21. The summed E-state index contributed by atoms with van der Waals surface area (Å²) in [6, 6.07) is 4.21. The Morgan fingerprint density at radius 3 is 2.75 bits per heavy atom. The first-order valence-corrected chi connectivity index (χ1v) is 3.29. The number of anilines is 1. The Morgan fingerprint density at radius 2 is 2.25 bits per heavy atom. The van der Waals surface area contributed by atoms with Crippen LogP contribution in [-0.4, -0.2) is 10.0 Å². The van der Waals surface area contributed by atoms with Crippen LogP contribution in [0, 0.1) is 10.1 Å². The summed E-state index contributed by atoms with van der Waals surface area (Å²) in [6.07, 6.45) is 0. The summed E-state index contributed by atoms with van der Waals surface area (Å²) in [5.41, 5.74) is 5.75. The molecule has 1 aromatic carbocycles. The summed E-state index contributed by atoms with van der Waals surface area (Å²) in [4.78, 5) is 9.76. The second-order valence-electron chi connectivity index (χ2n) is 2.31. The van der Waals surface area contributed by atoms with E-state index in [9.17, 15) is 10.1 Å². The quantitative estimate of drug-likeness (QED) is 0.386. The zero-order valence-electron chi connectivity index (χ0n) is 6.23. The Morgan fingerprint density at radius 1 is 1.58 bits per heavy atom. The molecule has 0 saturated heterocycles. The van der Waals surface area contributed by atoms with Gasteiger partial charge in [0.25, 0.3) is 5.69 Å². The lowest BCUT2D eigenvalue weighted by molar-refractivity contribution is -0.384. The number of hydrogen-bond acceptors (Lipinski definition) is 4. The van der Waals surface area contributed by atoms with E-state index in [0.717, 1.165) is 0 Å². The van der Waals surface area contributed by atoms with Crippen LogP contribution < -0.4 is 5.73 Å². The molecule has 0 unspecified atom stereocenters. The highest BCUT2D eigenvalue weighted by atomic mass is 16.6. The maximum atomic E-state index is 10.3. The van der Waals surface area contributed by atoms with Gasteiger partial charge in [-0.25, -0.2) is 0 Å². The third kappa shape index (κ3) is 1.51. The summed E-state index contributed by atoms with van der Waals surface area (Å²) in [6.45, 7) is -0.221. The summed E-state index contributed by atoms with van der Waals surface area (Å²) in [5, 5.41) is 19.0. The number of rotatable bonds is 2. The average Bonchev–Trinajstić information content (AvgIpc) is 2.05. The van der Waals surface area contributed by atoms with Crippen molar-refractivity contribution in [2.24, 2.45) is 0 Å². The van der Waals surface area contributed by atoms with Crippen molar-refractivity contribution in [2.45, 2.75) is 6.61 Å². The zero-order chi connectivity index (χ0) is 9.14. The summed E-state index contributed by atoms with van der Waals surface area (Å²) < 4.78 is 0. The molecule has 0 atom stereocenters. The number of nitrogens with two attached hydrogens (primary N) is 1. The van der Waals surface area contributed by atoms with Crippen LogP contribution in [0.25, 0.3) is 0 Å². The van der Waals surface area contributed by atoms with Crippen LogP contribution in [0.1, 0.15) is 5.56 Å². The second-order valence-corrected chi connectivity index (χ2v) is 2.31. The Balaban J connectivity index is 3.17. The predicted molar refractivity (Wildman–Crippen MR) is 43.4 cm³/mol. The van der Waals surface area contributed by atoms with E-state index < -0.39 is 4.92 Å². The minimum atomic E-state index is -0.575. The molecule has 0 saturated carbocycles. The summed E-state index contributed by atoms with van der Waals surface area (Å²) >= 11 is 0. The van der Waals surface area contributed by atoms with Crippen LogP contribution in [-0.2, 0) is 6.61 Å². The van der Waals surface area contributed by atoms with Crippen molar-refractivity contribution in [3.8, 4) is 0 Å².